The highest BCUT2D eigenvalue weighted by molar-refractivity contribution is 5.59. The molecule has 2 heterocycles. The molecule has 0 fully saturated rings. The van der Waals surface area contributed by atoms with Crippen molar-refractivity contribution < 1.29 is 0 Å². The standard InChI is InChI=1S/C11H12N2/c1-9-6-10(8-12-7-9)11-4-3-5-13(11)2/h3-8H,1-2H3. The number of pyridine rings is 1. The Bertz CT molecular complexity index is 416. The molecule has 0 saturated carbocycles. The first kappa shape index (κ1) is 8.05. The van der Waals surface area contributed by atoms with Crippen LogP contribution in [0.25, 0.3) is 11.3 Å². The molecule has 0 atom stereocenters. The van der Waals surface area contributed by atoms with Gasteiger partial charge in [0.05, 0.1) is 0 Å². The minimum atomic E-state index is 1.17. The summed E-state index contributed by atoms with van der Waals surface area (Å²) in [6, 6.07) is 6.27. The van der Waals surface area contributed by atoms with Gasteiger partial charge < -0.3 is 4.57 Å². The highest BCUT2D eigenvalue weighted by Gasteiger charge is 2.00. The maximum absolute atomic E-state index is 4.17. The monoisotopic (exact) mass is 172 g/mol. The van der Waals surface area contributed by atoms with Gasteiger partial charge >= 0.3 is 0 Å². The van der Waals surface area contributed by atoms with E-state index in [9.17, 15) is 0 Å². The molecule has 0 aliphatic heterocycles. The van der Waals surface area contributed by atoms with Crippen molar-refractivity contribution in [1.29, 1.82) is 0 Å². The Morgan fingerprint density at radius 1 is 1.31 bits per heavy atom. The third-order valence-corrected chi connectivity index (χ3v) is 2.11. The van der Waals surface area contributed by atoms with Crippen LogP contribution in [0, 0.1) is 6.92 Å². The summed E-state index contributed by atoms with van der Waals surface area (Å²) in [5.41, 5.74) is 3.57. The van der Waals surface area contributed by atoms with Gasteiger partial charge in [-0.3, -0.25) is 4.98 Å². The lowest BCUT2D eigenvalue weighted by Gasteiger charge is -2.03. The van der Waals surface area contributed by atoms with Crippen LogP contribution in [0.3, 0.4) is 0 Å². The van der Waals surface area contributed by atoms with Crippen molar-refractivity contribution in [3.05, 3.63) is 42.4 Å². The van der Waals surface area contributed by atoms with Crippen molar-refractivity contribution in [2.24, 2.45) is 7.05 Å². The zero-order valence-electron chi connectivity index (χ0n) is 7.86. The second-order valence-electron chi connectivity index (χ2n) is 3.26. The molecule has 0 N–H and O–H groups in total. The van der Waals surface area contributed by atoms with E-state index >= 15 is 0 Å². The van der Waals surface area contributed by atoms with E-state index in [1.807, 2.05) is 31.7 Å². The predicted molar refractivity (Wildman–Crippen MR) is 53.4 cm³/mol. The molecule has 0 saturated heterocycles. The Hall–Kier alpha value is -1.57. The van der Waals surface area contributed by atoms with Gasteiger partial charge in [0.1, 0.15) is 0 Å². The maximum Gasteiger partial charge on any atom is 0.0493 e. The fraction of sp³-hybridized carbons (Fsp3) is 0.182. The van der Waals surface area contributed by atoms with Gasteiger partial charge in [-0.1, -0.05) is 0 Å². The van der Waals surface area contributed by atoms with Crippen molar-refractivity contribution in [2.75, 3.05) is 0 Å². The van der Waals surface area contributed by atoms with Gasteiger partial charge in [0.2, 0.25) is 0 Å². The molecule has 66 valence electrons. The van der Waals surface area contributed by atoms with Crippen molar-refractivity contribution in [1.82, 2.24) is 9.55 Å². The topological polar surface area (TPSA) is 17.8 Å². The maximum atomic E-state index is 4.17. The Morgan fingerprint density at radius 3 is 2.77 bits per heavy atom. The van der Waals surface area contributed by atoms with Crippen LogP contribution in [0.15, 0.2) is 36.8 Å². The van der Waals surface area contributed by atoms with Crippen molar-refractivity contribution >= 4 is 0 Å². The number of rotatable bonds is 1. The van der Waals surface area contributed by atoms with E-state index in [1.54, 1.807) is 0 Å². The summed E-state index contributed by atoms with van der Waals surface area (Å²) in [6.45, 7) is 2.06. The molecular formula is C11H12N2. The van der Waals surface area contributed by atoms with Gasteiger partial charge in [0.15, 0.2) is 0 Å². The lowest BCUT2D eigenvalue weighted by atomic mass is 10.2. The minimum Gasteiger partial charge on any atom is -0.351 e. The summed E-state index contributed by atoms with van der Waals surface area (Å²) in [5.74, 6) is 0. The first-order chi connectivity index (χ1) is 6.27. The molecule has 2 aromatic rings. The first-order valence-corrected chi connectivity index (χ1v) is 4.31. The minimum absolute atomic E-state index is 1.17. The highest BCUT2D eigenvalue weighted by atomic mass is 14.9. The SMILES string of the molecule is Cc1cncc(-c2cccn2C)c1. The summed E-state index contributed by atoms with van der Waals surface area (Å²) in [6.07, 6.45) is 5.80. The Morgan fingerprint density at radius 2 is 2.15 bits per heavy atom. The van der Waals surface area contributed by atoms with E-state index in [4.69, 9.17) is 0 Å². The summed E-state index contributed by atoms with van der Waals surface area (Å²) in [5, 5.41) is 0. The third kappa shape index (κ3) is 1.47. The van der Waals surface area contributed by atoms with E-state index in [0.29, 0.717) is 0 Å². The molecule has 2 nitrogen and oxygen atoms in total. The average molecular weight is 172 g/mol. The molecule has 2 heteroatoms. The largest absolute Gasteiger partial charge is 0.351 e. The Balaban J connectivity index is 2.53. The molecule has 0 radical (unpaired) electrons. The van der Waals surface area contributed by atoms with E-state index in [1.165, 1.54) is 16.8 Å². The van der Waals surface area contributed by atoms with E-state index in [-0.39, 0.29) is 0 Å². The van der Waals surface area contributed by atoms with E-state index in [0.717, 1.165) is 0 Å². The van der Waals surface area contributed by atoms with Gasteiger partial charge in [-0.15, -0.1) is 0 Å². The molecule has 0 aromatic carbocycles. The summed E-state index contributed by atoms with van der Waals surface area (Å²) >= 11 is 0. The molecule has 0 aliphatic carbocycles. The fourth-order valence-electron chi connectivity index (χ4n) is 1.46. The molecule has 0 unspecified atom stereocenters. The van der Waals surface area contributed by atoms with Gasteiger partial charge in [-0.2, -0.15) is 0 Å². The molecular weight excluding hydrogens is 160 g/mol. The van der Waals surface area contributed by atoms with Gasteiger partial charge in [-0.05, 0) is 30.7 Å². The third-order valence-electron chi connectivity index (χ3n) is 2.11. The molecule has 0 aliphatic rings. The van der Waals surface area contributed by atoms with Crippen LogP contribution in [0.5, 0.6) is 0 Å². The number of aromatic nitrogens is 2. The molecule has 0 amide bonds. The number of nitrogens with zero attached hydrogens (tertiary/aromatic N) is 2. The van der Waals surface area contributed by atoms with Gasteiger partial charge in [-0.25, -0.2) is 0 Å². The average Bonchev–Trinajstić information content (AvgIpc) is 2.51. The van der Waals surface area contributed by atoms with Crippen LogP contribution in [-0.4, -0.2) is 9.55 Å². The second kappa shape index (κ2) is 3.05. The van der Waals surface area contributed by atoms with Crippen LogP contribution in [-0.2, 0) is 7.05 Å². The predicted octanol–water partition coefficient (Wildman–Crippen LogP) is 2.40. The molecule has 0 bridgehead atoms. The van der Waals surface area contributed by atoms with Crippen molar-refractivity contribution in [2.45, 2.75) is 6.92 Å². The van der Waals surface area contributed by atoms with E-state index < -0.39 is 0 Å². The van der Waals surface area contributed by atoms with E-state index in [2.05, 4.69) is 28.6 Å². The van der Waals surface area contributed by atoms with Crippen LogP contribution in [0.4, 0.5) is 0 Å². The Kier molecular flexibility index (Phi) is 1.89. The number of hydrogen-bond donors (Lipinski definition) is 0. The van der Waals surface area contributed by atoms with Crippen LogP contribution >= 0.6 is 0 Å². The molecule has 13 heavy (non-hydrogen) atoms. The highest BCUT2D eigenvalue weighted by Crippen LogP contribution is 2.18. The molecule has 2 aromatic heterocycles. The quantitative estimate of drug-likeness (QED) is 0.645. The summed E-state index contributed by atoms with van der Waals surface area (Å²) < 4.78 is 2.09. The van der Waals surface area contributed by atoms with Crippen LogP contribution < -0.4 is 0 Å². The summed E-state index contributed by atoms with van der Waals surface area (Å²) in [4.78, 5) is 4.17. The van der Waals surface area contributed by atoms with Crippen molar-refractivity contribution in [3.8, 4) is 11.3 Å². The zero-order valence-corrected chi connectivity index (χ0v) is 7.86. The molecule has 2 rings (SSSR count). The smallest absolute Gasteiger partial charge is 0.0493 e. The number of aryl methyl sites for hydroxylation is 2. The summed E-state index contributed by atoms with van der Waals surface area (Å²) in [7, 11) is 2.04. The first-order valence-electron chi connectivity index (χ1n) is 4.31. The molecule has 0 spiro atoms. The second-order valence-corrected chi connectivity index (χ2v) is 3.26. The van der Waals surface area contributed by atoms with Crippen molar-refractivity contribution in [3.63, 3.8) is 0 Å². The lowest BCUT2D eigenvalue weighted by Crippen LogP contribution is -1.90. The Labute approximate surface area is 77.9 Å². The normalized spacial score (nSPS) is 10.3. The van der Waals surface area contributed by atoms with Crippen LogP contribution in [0.2, 0.25) is 0 Å². The van der Waals surface area contributed by atoms with Gasteiger partial charge in [0, 0.05) is 36.9 Å². The van der Waals surface area contributed by atoms with Crippen LogP contribution in [0.1, 0.15) is 5.56 Å². The fourth-order valence-corrected chi connectivity index (χ4v) is 1.46. The number of hydrogen-bond acceptors (Lipinski definition) is 1. The zero-order chi connectivity index (χ0) is 9.26. The lowest BCUT2D eigenvalue weighted by molar-refractivity contribution is 0.935. The van der Waals surface area contributed by atoms with Gasteiger partial charge in [0.25, 0.3) is 0 Å².